The third-order valence-corrected chi connectivity index (χ3v) is 2.30. The number of aromatic nitrogens is 2. The molecule has 0 amide bonds. The Kier molecular flexibility index (Phi) is 2.30. The molecule has 0 saturated carbocycles. The molecule has 0 unspecified atom stereocenters. The van der Waals surface area contributed by atoms with Crippen molar-refractivity contribution in [3.05, 3.63) is 41.2 Å². The molecule has 0 spiro atoms. The van der Waals surface area contributed by atoms with Crippen LogP contribution in [0.5, 0.6) is 0 Å². The maximum atomic E-state index is 5.98. The van der Waals surface area contributed by atoms with Gasteiger partial charge in [-0.25, -0.2) is 0 Å². The first-order valence-electron chi connectivity index (χ1n) is 4.41. The van der Waals surface area contributed by atoms with Crippen molar-refractivity contribution in [3.8, 4) is 11.1 Å². The van der Waals surface area contributed by atoms with Gasteiger partial charge < -0.3 is 0 Å². The molecule has 0 bridgehead atoms. The van der Waals surface area contributed by atoms with Gasteiger partial charge >= 0.3 is 0 Å². The van der Waals surface area contributed by atoms with E-state index in [9.17, 15) is 0 Å². The van der Waals surface area contributed by atoms with Crippen LogP contribution in [-0.4, -0.2) is 9.78 Å². The van der Waals surface area contributed by atoms with E-state index in [1.165, 1.54) is 0 Å². The number of rotatable bonds is 1. The van der Waals surface area contributed by atoms with E-state index in [1.807, 2.05) is 38.5 Å². The highest BCUT2D eigenvalue weighted by atomic mass is 35.5. The van der Waals surface area contributed by atoms with Gasteiger partial charge in [0.1, 0.15) is 0 Å². The maximum absolute atomic E-state index is 5.98. The number of nitrogens with zero attached hydrogens (tertiary/aromatic N) is 2. The second kappa shape index (κ2) is 3.46. The lowest BCUT2D eigenvalue weighted by Crippen LogP contribution is -1.84. The zero-order chi connectivity index (χ0) is 10.1. The van der Waals surface area contributed by atoms with Gasteiger partial charge in [0.25, 0.3) is 0 Å². The molecule has 0 aliphatic rings. The third kappa shape index (κ3) is 1.80. The van der Waals surface area contributed by atoms with Crippen molar-refractivity contribution in [2.24, 2.45) is 7.05 Å². The fraction of sp³-hybridized carbons (Fsp3) is 0.182. The van der Waals surface area contributed by atoms with Crippen LogP contribution in [0.25, 0.3) is 11.1 Å². The van der Waals surface area contributed by atoms with Crippen molar-refractivity contribution in [1.29, 1.82) is 0 Å². The molecule has 1 aromatic carbocycles. The van der Waals surface area contributed by atoms with Gasteiger partial charge in [-0.2, -0.15) is 5.10 Å². The predicted octanol–water partition coefficient (Wildman–Crippen LogP) is 3.05. The molecule has 0 aliphatic heterocycles. The van der Waals surface area contributed by atoms with E-state index in [-0.39, 0.29) is 0 Å². The number of aryl methyl sites for hydroxylation is 2. The smallest absolute Gasteiger partial charge is 0.0568 e. The van der Waals surface area contributed by atoms with Gasteiger partial charge in [-0.15, -0.1) is 0 Å². The molecule has 14 heavy (non-hydrogen) atoms. The van der Waals surface area contributed by atoms with E-state index in [0.717, 1.165) is 21.7 Å². The van der Waals surface area contributed by atoms with Gasteiger partial charge in [-0.05, 0) is 30.2 Å². The third-order valence-electron chi connectivity index (χ3n) is 2.08. The highest BCUT2D eigenvalue weighted by Gasteiger charge is 2.01. The molecule has 2 nitrogen and oxygen atoms in total. The number of benzene rings is 1. The normalized spacial score (nSPS) is 10.5. The Bertz CT molecular complexity index is 440. The summed E-state index contributed by atoms with van der Waals surface area (Å²) in [5.74, 6) is 0. The minimum absolute atomic E-state index is 0.767. The van der Waals surface area contributed by atoms with Crippen molar-refractivity contribution >= 4 is 11.6 Å². The number of halogens is 1. The van der Waals surface area contributed by atoms with Crippen LogP contribution in [0.2, 0.25) is 5.02 Å². The van der Waals surface area contributed by atoms with E-state index in [2.05, 4.69) is 11.2 Å². The molecular weight excluding hydrogens is 196 g/mol. The van der Waals surface area contributed by atoms with Crippen LogP contribution >= 0.6 is 11.6 Å². The minimum Gasteiger partial charge on any atom is -0.275 e. The zero-order valence-electron chi connectivity index (χ0n) is 8.16. The quantitative estimate of drug-likeness (QED) is 0.701. The molecule has 72 valence electrons. The van der Waals surface area contributed by atoms with Crippen LogP contribution in [0.3, 0.4) is 0 Å². The van der Waals surface area contributed by atoms with Crippen LogP contribution in [-0.2, 0) is 7.05 Å². The summed E-state index contributed by atoms with van der Waals surface area (Å²) >= 11 is 5.98. The van der Waals surface area contributed by atoms with Gasteiger partial charge in [-0.1, -0.05) is 17.7 Å². The largest absolute Gasteiger partial charge is 0.275 e. The standard InChI is InChI=1S/C11H11ClN2/c1-8-3-9(5-11(12)4-8)10-6-13-14(2)7-10/h3-7H,1-2H3. The Hall–Kier alpha value is -1.28. The Morgan fingerprint density at radius 1 is 1.21 bits per heavy atom. The van der Waals surface area contributed by atoms with Crippen molar-refractivity contribution in [1.82, 2.24) is 9.78 Å². The highest BCUT2D eigenvalue weighted by Crippen LogP contribution is 2.23. The zero-order valence-corrected chi connectivity index (χ0v) is 8.92. The molecule has 0 saturated heterocycles. The van der Waals surface area contributed by atoms with Crippen LogP contribution in [0.4, 0.5) is 0 Å². The van der Waals surface area contributed by atoms with Gasteiger partial charge in [0.05, 0.1) is 6.20 Å². The Labute approximate surface area is 88.1 Å². The summed E-state index contributed by atoms with van der Waals surface area (Å²) in [5, 5.41) is 4.89. The van der Waals surface area contributed by atoms with E-state index < -0.39 is 0 Å². The molecule has 0 radical (unpaired) electrons. The van der Waals surface area contributed by atoms with Crippen LogP contribution in [0, 0.1) is 6.92 Å². The van der Waals surface area contributed by atoms with Gasteiger partial charge in [0.2, 0.25) is 0 Å². The fourth-order valence-corrected chi connectivity index (χ4v) is 1.76. The molecule has 2 aromatic rings. The molecule has 1 aromatic heterocycles. The monoisotopic (exact) mass is 206 g/mol. The lowest BCUT2D eigenvalue weighted by atomic mass is 10.1. The van der Waals surface area contributed by atoms with E-state index in [4.69, 9.17) is 11.6 Å². The second-order valence-electron chi connectivity index (χ2n) is 3.42. The molecular formula is C11H11ClN2. The summed E-state index contributed by atoms with van der Waals surface area (Å²) < 4.78 is 1.78. The molecule has 1 heterocycles. The van der Waals surface area contributed by atoms with Gasteiger partial charge in [0.15, 0.2) is 0 Å². The van der Waals surface area contributed by atoms with Crippen LogP contribution in [0.1, 0.15) is 5.56 Å². The van der Waals surface area contributed by atoms with Crippen molar-refractivity contribution < 1.29 is 0 Å². The van der Waals surface area contributed by atoms with Crippen molar-refractivity contribution in [2.75, 3.05) is 0 Å². The van der Waals surface area contributed by atoms with Gasteiger partial charge in [-0.3, -0.25) is 4.68 Å². The van der Waals surface area contributed by atoms with E-state index in [0.29, 0.717) is 0 Å². The summed E-state index contributed by atoms with van der Waals surface area (Å²) in [6.45, 7) is 2.03. The van der Waals surface area contributed by atoms with Gasteiger partial charge in [0, 0.05) is 23.8 Å². The number of hydrogen-bond acceptors (Lipinski definition) is 1. The molecule has 2 rings (SSSR count). The summed E-state index contributed by atoms with van der Waals surface area (Å²) in [4.78, 5) is 0. The minimum atomic E-state index is 0.767. The lowest BCUT2D eigenvalue weighted by molar-refractivity contribution is 0.768. The Morgan fingerprint density at radius 2 is 2.00 bits per heavy atom. The molecule has 3 heteroatoms. The summed E-state index contributed by atoms with van der Waals surface area (Å²) in [6.07, 6.45) is 3.82. The average molecular weight is 207 g/mol. The average Bonchev–Trinajstić information content (AvgIpc) is 2.50. The summed E-state index contributed by atoms with van der Waals surface area (Å²) in [6, 6.07) is 6.00. The first-order chi connectivity index (χ1) is 6.65. The topological polar surface area (TPSA) is 17.8 Å². The maximum Gasteiger partial charge on any atom is 0.0568 e. The SMILES string of the molecule is Cc1cc(Cl)cc(-c2cnn(C)c2)c1. The van der Waals surface area contributed by atoms with Crippen LogP contribution in [0.15, 0.2) is 30.6 Å². The Morgan fingerprint density at radius 3 is 2.57 bits per heavy atom. The van der Waals surface area contributed by atoms with E-state index in [1.54, 1.807) is 4.68 Å². The van der Waals surface area contributed by atoms with Crippen molar-refractivity contribution in [3.63, 3.8) is 0 Å². The second-order valence-corrected chi connectivity index (χ2v) is 3.86. The first-order valence-corrected chi connectivity index (χ1v) is 4.79. The number of hydrogen-bond donors (Lipinski definition) is 0. The Balaban J connectivity index is 2.51. The van der Waals surface area contributed by atoms with E-state index >= 15 is 0 Å². The first kappa shape index (κ1) is 9.28. The van der Waals surface area contributed by atoms with Crippen molar-refractivity contribution in [2.45, 2.75) is 6.92 Å². The van der Waals surface area contributed by atoms with Crippen LogP contribution < -0.4 is 0 Å². The molecule has 0 aliphatic carbocycles. The molecule has 0 fully saturated rings. The highest BCUT2D eigenvalue weighted by molar-refractivity contribution is 6.30. The predicted molar refractivity (Wildman–Crippen MR) is 58.4 cm³/mol. The molecule has 0 N–H and O–H groups in total. The fourth-order valence-electron chi connectivity index (χ4n) is 1.47. The summed E-state index contributed by atoms with van der Waals surface area (Å²) in [5.41, 5.74) is 3.37. The summed E-state index contributed by atoms with van der Waals surface area (Å²) in [7, 11) is 1.90. The lowest BCUT2D eigenvalue weighted by Gasteiger charge is -2.00. The molecule has 0 atom stereocenters.